The van der Waals surface area contributed by atoms with Crippen molar-refractivity contribution in [3.8, 4) is 5.75 Å². The molecule has 1 aromatic rings. The number of methoxy groups -OCH3 is 1. The molecule has 3 amide bonds. The number of ether oxygens (including phenoxy) is 7. The van der Waals surface area contributed by atoms with Gasteiger partial charge in [-0.2, -0.15) is 0 Å². The maximum Gasteiger partial charge on any atom is 0.409 e. The zero-order valence-electron chi connectivity index (χ0n) is 32.2. The zero-order valence-corrected chi connectivity index (χ0v) is 34.6. The number of allylic oxidation sites excluding steroid dienone is 3. The van der Waals surface area contributed by atoms with Crippen LogP contribution < -0.4 is 20.3 Å². The summed E-state index contributed by atoms with van der Waals surface area (Å²) >= 11 is 9.81. The van der Waals surface area contributed by atoms with Crippen LogP contribution in [0.3, 0.4) is 0 Å². The summed E-state index contributed by atoms with van der Waals surface area (Å²) in [7, 11) is 3.08. The Kier molecular flexibility index (Phi) is 16.0. The van der Waals surface area contributed by atoms with Gasteiger partial charge in [-0.15, -0.1) is 0 Å². The highest BCUT2D eigenvalue weighted by molar-refractivity contribution is 9.09. The van der Waals surface area contributed by atoms with Crippen LogP contribution in [0, 0.1) is 0 Å². The topological polar surface area (TPSA) is 180 Å². The van der Waals surface area contributed by atoms with E-state index in [1.807, 2.05) is 25.1 Å². The minimum absolute atomic E-state index is 0.0310. The second kappa shape index (κ2) is 19.7. The van der Waals surface area contributed by atoms with E-state index >= 15 is 0 Å². The lowest BCUT2D eigenvalue weighted by atomic mass is 9.72. The molecule has 2 fully saturated rings. The van der Waals surface area contributed by atoms with Crippen LogP contribution in [-0.2, 0) is 49.2 Å². The van der Waals surface area contributed by atoms with E-state index < -0.39 is 53.2 Å². The number of amides is 3. The van der Waals surface area contributed by atoms with Gasteiger partial charge in [0, 0.05) is 32.9 Å². The first-order chi connectivity index (χ1) is 26.0. The molecule has 1 aromatic carbocycles. The third-order valence-corrected chi connectivity index (χ3v) is 10.6. The van der Waals surface area contributed by atoms with Crippen molar-refractivity contribution < 1.29 is 57.4 Å². The Balaban J connectivity index is 1.49. The summed E-state index contributed by atoms with van der Waals surface area (Å²) in [5.41, 5.74) is -1.64. The second-order valence-electron chi connectivity index (χ2n) is 14.4. The fourth-order valence-electron chi connectivity index (χ4n) is 6.84. The number of hydrogen-bond acceptors (Lipinski definition) is 12. The van der Waals surface area contributed by atoms with Crippen LogP contribution in [0.4, 0.5) is 10.5 Å². The van der Waals surface area contributed by atoms with E-state index in [0.717, 1.165) is 11.1 Å². The highest BCUT2D eigenvalue weighted by atomic mass is 79.9. The van der Waals surface area contributed by atoms with E-state index in [4.69, 9.17) is 44.8 Å². The summed E-state index contributed by atoms with van der Waals surface area (Å²) in [5, 5.41) is 17.1. The second-order valence-corrected chi connectivity index (χ2v) is 15.4. The number of nitrogens with one attached hydrogen (secondary N) is 2. The van der Waals surface area contributed by atoms with E-state index in [9.17, 15) is 24.3 Å². The molecule has 2 saturated heterocycles. The summed E-state index contributed by atoms with van der Waals surface area (Å²) in [6.07, 6.45) is 2.32. The molecule has 0 aromatic heterocycles. The minimum atomic E-state index is -1.60. The van der Waals surface area contributed by atoms with E-state index in [1.165, 1.54) is 18.9 Å². The standard InChI is InChI=1S/C38H53BrClN3O12/c1-24-9-7-8-10-38(48)21-30(54-35(47)42-38)37(4)23-36(3,55-37)29(20-32(45)43(5)27-18-26(17-24)19-28(49-6)33(27)40)53-34(46)25(2)52-16-15-51-14-13-50-12-11-41-31(44)22-39/h7-9,18-19,25,29-30,48H,10-17,20-23H2,1-6H3,(H,41,44)(H,42,47)/b8-7+,24-9+/t25-,29-,30?,36+,37?,38+/m0/s1. The lowest BCUT2D eigenvalue weighted by Gasteiger charge is -2.59. The molecule has 4 heterocycles. The van der Waals surface area contributed by atoms with Gasteiger partial charge in [0.05, 0.1) is 57.6 Å². The highest BCUT2D eigenvalue weighted by Crippen LogP contribution is 2.50. The number of alkyl halides is 1. The number of halogens is 2. The third-order valence-electron chi connectivity index (χ3n) is 9.74. The number of aliphatic hydroxyl groups is 1. The summed E-state index contributed by atoms with van der Waals surface area (Å²) < 4.78 is 40.3. The Hall–Kier alpha value is -3.25. The van der Waals surface area contributed by atoms with Gasteiger partial charge in [-0.1, -0.05) is 51.3 Å². The number of rotatable bonds is 14. The van der Waals surface area contributed by atoms with E-state index in [-0.39, 0.29) is 61.8 Å². The molecule has 6 bridgehead atoms. The number of fused-ring (bicyclic) bond motifs is 6. The number of carbonyl (C=O) groups excluding carboxylic acids is 4. The van der Waals surface area contributed by atoms with Crippen molar-refractivity contribution >= 4 is 57.1 Å². The SMILES string of the molecule is COc1cc2cc(c1Cl)N(C)C(=O)C[C@H](OC(=O)[C@H](C)OCCOCCOCCNC(=O)CBr)[C@@]1(C)CC(C)(O1)C1C[C@](O)(C/C=C/C=C(\C)C2)NC(=O)O1. The van der Waals surface area contributed by atoms with Gasteiger partial charge in [0.15, 0.2) is 6.10 Å². The molecule has 4 aliphatic heterocycles. The van der Waals surface area contributed by atoms with Gasteiger partial charge in [-0.25, -0.2) is 9.59 Å². The average molecular weight is 859 g/mol. The normalized spacial score (nSPS) is 29.1. The number of carbonyl (C=O) groups is 4. The lowest BCUT2D eigenvalue weighted by Crippen LogP contribution is -2.71. The first-order valence-electron chi connectivity index (χ1n) is 18.2. The maximum atomic E-state index is 14.0. The molecule has 306 valence electrons. The molecule has 15 nitrogen and oxygen atoms in total. The maximum absolute atomic E-state index is 14.0. The van der Waals surface area contributed by atoms with Crippen molar-refractivity contribution in [2.24, 2.45) is 0 Å². The molecule has 0 radical (unpaired) electrons. The summed E-state index contributed by atoms with van der Waals surface area (Å²) in [5.74, 6) is -0.868. The molecule has 17 heteroatoms. The van der Waals surface area contributed by atoms with Gasteiger partial charge in [-0.3, -0.25) is 14.9 Å². The number of anilines is 1. The lowest BCUT2D eigenvalue weighted by molar-refractivity contribution is -0.327. The molecule has 0 aliphatic carbocycles. The fraction of sp³-hybridized carbons (Fsp3) is 0.632. The van der Waals surface area contributed by atoms with Crippen molar-refractivity contribution in [1.29, 1.82) is 0 Å². The highest BCUT2D eigenvalue weighted by Gasteiger charge is 2.62. The number of hydrogen-bond donors (Lipinski definition) is 3. The number of benzene rings is 1. The van der Waals surface area contributed by atoms with Crippen LogP contribution in [0.1, 0.15) is 58.9 Å². The molecular formula is C38H53BrClN3O12. The van der Waals surface area contributed by atoms with Crippen molar-refractivity contribution in [1.82, 2.24) is 10.6 Å². The Labute approximate surface area is 335 Å². The van der Waals surface area contributed by atoms with Crippen molar-refractivity contribution in [3.05, 3.63) is 46.5 Å². The van der Waals surface area contributed by atoms with E-state index in [1.54, 1.807) is 33.0 Å². The first kappa shape index (κ1) is 44.5. The summed E-state index contributed by atoms with van der Waals surface area (Å²) in [4.78, 5) is 52.8. The van der Waals surface area contributed by atoms with Crippen molar-refractivity contribution in [2.45, 2.75) is 95.0 Å². The van der Waals surface area contributed by atoms with Crippen LogP contribution >= 0.6 is 27.5 Å². The van der Waals surface area contributed by atoms with Crippen LogP contribution in [0.2, 0.25) is 5.02 Å². The smallest absolute Gasteiger partial charge is 0.409 e. The van der Waals surface area contributed by atoms with Gasteiger partial charge in [0.1, 0.15) is 39.9 Å². The number of esters is 1. The van der Waals surface area contributed by atoms with Crippen molar-refractivity contribution in [3.63, 3.8) is 0 Å². The molecule has 5 rings (SSSR count). The Morgan fingerprint density at radius 2 is 1.84 bits per heavy atom. The molecule has 4 aliphatic rings. The summed E-state index contributed by atoms with van der Waals surface area (Å²) in [6.45, 7) is 8.57. The quantitative estimate of drug-likeness (QED) is 0.139. The van der Waals surface area contributed by atoms with Crippen LogP contribution in [0.15, 0.2) is 35.9 Å². The molecular weight excluding hydrogens is 806 g/mol. The van der Waals surface area contributed by atoms with E-state index in [0.29, 0.717) is 37.6 Å². The number of nitrogens with zero attached hydrogens (tertiary/aromatic N) is 1. The molecule has 55 heavy (non-hydrogen) atoms. The zero-order chi connectivity index (χ0) is 40.4. The largest absolute Gasteiger partial charge is 0.495 e. The van der Waals surface area contributed by atoms with Crippen LogP contribution in [-0.4, -0.2) is 123 Å². The molecule has 3 N–H and O–H groups in total. The van der Waals surface area contributed by atoms with Crippen molar-refractivity contribution in [2.75, 3.05) is 64.0 Å². The van der Waals surface area contributed by atoms with Gasteiger partial charge in [-0.05, 0) is 51.8 Å². The summed E-state index contributed by atoms with van der Waals surface area (Å²) in [6, 6.07) is 3.62. The fourth-order valence-corrected chi connectivity index (χ4v) is 7.36. The minimum Gasteiger partial charge on any atom is -0.495 e. The number of alkyl carbamates (subject to hydrolysis) is 1. The first-order valence-corrected chi connectivity index (χ1v) is 19.7. The third kappa shape index (κ3) is 12.1. The predicted molar refractivity (Wildman–Crippen MR) is 206 cm³/mol. The molecule has 6 atom stereocenters. The van der Waals surface area contributed by atoms with Gasteiger partial charge in [0.2, 0.25) is 11.8 Å². The molecule has 0 saturated carbocycles. The predicted octanol–water partition coefficient (Wildman–Crippen LogP) is 4.14. The van der Waals surface area contributed by atoms with Crippen LogP contribution in [0.5, 0.6) is 5.75 Å². The average Bonchev–Trinajstić information content (AvgIpc) is 3.12. The monoisotopic (exact) mass is 857 g/mol. The van der Waals surface area contributed by atoms with Gasteiger partial charge < -0.3 is 48.5 Å². The van der Waals surface area contributed by atoms with Gasteiger partial charge >= 0.3 is 12.1 Å². The molecule has 0 spiro atoms. The van der Waals surface area contributed by atoms with Gasteiger partial charge in [0.25, 0.3) is 0 Å². The Bertz CT molecular complexity index is 1600. The molecule has 2 unspecified atom stereocenters. The Morgan fingerprint density at radius 3 is 2.53 bits per heavy atom. The Morgan fingerprint density at radius 1 is 1.15 bits per heavy atom. The van der Waals surface area contributed by atoms with E-state index in [2.05, 4.69) is 26.6 Å². The van der Waals surface area contributed by atoms with Crippen LogP contribution in [0.25, 0.3) is 0 Å².